The summed E-state index contributed by atoms with van der Waals surface area (Å²) in [5.74, 6) is 1.56. The first kappa shape index (κ1) is 22.2. The molecule has 0 spiro atoms. The van der Waals surface area contributed by atoms with Crippen molar-refractivity contribution in [1.82, 2.24) is 15.1 Å². The van der Waals surface area contributed by atoms with Gasteiger partial charge in [-0.1, -0.05) is 31.2 Å². The van der Waals surface area contributed by atoms with Crippen LogP contribution in [0.15, 0.2) is 29.3 Å². The van der Waals surface area contributed by atoms with Gasteiger partial charge in [0.15, 0.2) is 5.96 Å². The van der Waals surface area contributed by atoms with Gasteiger partial charge in [-0.15, -0.1) is 24.0 Å². The van der Waals surface area contributed by atoms with E-state index in [2.05, 4.69) is 65.4 Å². The molecule has 1 aliphatic rings. The van der Waals surface area contributed by atoms with Gasteiger partial charge in [0, 0.05) is 46.3 Å². The fourth-order valence-corrected chi connectivity index (χ4v) is 3.03. The van der Waals surface area contributed by atoms with Crippen LogP contribution in [-0.2, 0) is 17.8 Å². The van der Waals surface area contributed by atoms with E-state index in [4.69, 9.17) is 4.74 Å². The zero-order valence-corrected chi connectivity index (χ0v) is 18.3. The lowest BCUT2D eigenvalue weighted by atomic mass is 10.1. The normalized spacial score (nSPS) is 17.5. The van der Waals surface area contributed by atoms with Crippen LogP contribution in [0.2, 0.25) is 0 Å². The van der Waals surface area contributed by atoms with Gasteiger partial charge in [0.2, 0.25) is 0 Å². The topological polar surface area (TPSA) is 40.1 Å². The Morgan fingerprint density at radius 3 is 2.72 bits per heavy atom. The van der Waals surface area contributed by atoms with Crippen molar-refractivity contribution in [3.05, 3.63) is 35.4 Å². The summed E-state index contributed by atoms with van der Waals surface area (Å²) in [4.78, 5) is 8.92. The van der Waals surface area contributed by atoms with Gasteiger partial charge in [0.25, 0.3) is 0 Å². The van der Waals surface area contributed by atoms with Gasteiger partial charge in [-0.2, -0.15) is 0 Å². The molecular weight excluding hydrogens is 427 g/mol. The molecule has 1 saturated heterocycles. The summed E-state index contributed by atoms with van der Waals surface area (Å²) < 4.78 is 5.46. The highest BCUT2D eigenvalue weighted by Crippen LogP contribution is 2.13. The first-order valence-corrected chi connectivity index (χ1v) is 8.88. The van der Waals surface area contributed by atoms with Gasteiger partial charge >= 0.3 is 0 Å². The summed E-state index contributed by atoms with van der Waals surface area (Å²) in [7, 11) is 6.09. The number of aliphatic imine (C=N–C) groups is 1. The molecule has 1 atom stereocenters. The van der Waals surface area contributed by atoms with Crippen molar-refractivity contribution in [2.75, 3.05) is 47.4 Å². The number of halogens is 1. The molecule has 1 aromatic rings. The lowest BCUT2D eigenvalue weighted by molar-refractivity contribution is 0.181. The lowest BCUT2D eigenvalue weighted by Crippen LogP contribution is -2.41. The Bertz CT molecular complexity index is 532. The predicted molar refractivity (Wildman–Crippen MR) is 116 cm³/mol. The number of hydrogen-bond donors (Lipinski definition) is 1. The van der Waals surface area contributed by atoms with Crippen molar-refractivity contribution in [2.24, 2.45) is 10.9 Å². The molecule has 5 nitrogen and oxygen atoms in total. The summed E-state index contributed by atoms with van der Waals surface area (Å²) in [5.41, 5.74) is 2.64. The van der Waals surface area contributed by atoms with E-state index in [0.717, 1.165) is 51.8 Å². The number of ether oxygens (including phenoxy) is 1. The average Bonchev–Trinajstić information content (AvgIpc) is 3.08. The van der Waals surface area contributed by atoms with E-state index in [0.29, 0.717) is 5.92 Å². The number of rotatable bonds is 7. The molecule has 0 amide bonds. The molecule has 1 fully saturated rings. The third-order valence-electron chi connectivity index (χ3n) is 4.56. The maximum Gasteiger partial charge on any atom is 0.193 e. The van der Waals surface area contributed by atoms with Crippen LogP contribution in [0, 0.1) is 5.92 Å². The van der Waals surface area contributed by atoms with Crippen molar-refractivity contribution in [2.45, 2.75) is 26.4 Å². The zero-order valence-electron chi connectivity index (χ0n) is 16.0. The molecule has 6 heteroatoms. The Hall–Kier alpha value is -0.860. The molecule has 1 N–H and O–H groups in total. The molecule has 1 unspecified atom stereocenters. The van der Waals surface area contributed by atoms with Gasteiger partial charge in [-0.3, -0.25) is 4.99 Å². The van der Waals surface area contributed by atoms with Gasteiger partial charge in [-0.25, -0.2) is 0 Å². The third-order valence-corrected chi connectivity index (χ3v) is 4.56. The first-order valence-electron chi connectivity index (χ1n) is 8.88. The molecule has 0 aromatic heterocycles. The highest BCUT2D eigenvalue weighted by atomic mass is 127. The van der Waals surface area contributed by atoms with Crippen LogP contribution in [0.4, 0.5) is 0 Å². The van der Waals surface area contributed by atoms with E-state index in [-0.39, 0.29) is 24.0 Å². The number of nitrogens with one attached hydrogen (secondary N) is 1. The van der Waals surface area contributed by atoms with Crippen LogP contribution in [0.3, 0.4) is 0 Å². The molecule has 1 heterocycles. The molecule has 0 aliphatic carbocycles. The second-order valence-electron chi connectivity index (χ2n) is 6.66. The molecule has 2 rings (SSSR count). The Morgan fingerprint density at radius 1 is 1.32 bits per heavy atom. The van der Waals surface area contributed by atoms with Crippen LogP contribution in [0.1, 0.15) is 24.5 Å². The van der Waals surface area contributed by atoms with Crippen molar-refractivity contribution in [3.8, 4) is 0 Å². The van der Waals surface area contributed by atoms with E-state index in [1.165, 1.54) is 11.1 Å². The van der Waals surface area contributed by atoms with Gasteiger partial charge in [-0.05, 0) is 31.1 Å². The summed E-state index contributed by atoms with van der Waals surface area (Å²) in [6.45, 7) is 7.77. The minimum Gasteiger partial charge on any atom is -0.381 e. The zero-order chi connectivity index (χ0) is 17.4. The van der Waals surface area contributed by atoms with Gasteiger partial charge in [0.05, 0.1) is 6.61 Å². The minimum atomic E-state index is 0. The SMILES string of the molecule is CCN(C)Cc1cccc(CNC(=NC)N(C)CC2CCOC2)c1.I. The number of nitrogens with zero attached hydrogens (tertiary/aromatic N) is 3. The first-order chi connectivity index (χ1) is 11.6. The van der Waals surface area contributed by atoms with Crippen molar-refractivity contribution >= 4 is 29.9 Å². The maximum absolute atomic E-state index is 5.46. The van der Waals surface area contributed by atoms with E-state index < -0.39 is 0 Å². The van der Waals surface area contributed by atoms with Crippen LogP contribution in [-0.4, -0.2) is 63.2 Å². The molecule has 0 saturated carbocycles. The van der Waals surface area contributed by atoms with E-state index in [1.54, 1.807) is 0 Å². The van der Waals surface area contributed by atoms with Crippen LogP contribution < -0.4 is 5.32 Å². The lowest BCUT2D eigenvalue weighted by Gasteiger charge is -2.24. The van der Waals surface area contributed by atoms with Crippen LogP contribution >= 0.6 is 24.0 Å². The fourth-order valence-electron chi connectivity index (χ4n) is 3.03. The maximum atomic E-state index is 5.46. The highest BCUT2D eigenvalue weighted by molar-refractivity contribution is 14.0. The summed E-state index contributed by atoms with van der Waals surface area (Å²) >= 11 is 0. The highest BCUT2D eigenvalue weighted by Gasteiger charge is 2.18. The predicted octanol–water partition coefficient (Wildman–Crippen LogP) is 2.80. The molecule has 1 aromatic carbocycles. The standard InChI is InChI=1S/C19H32N4O.HI/c1-5-22(3)13-17-8-6-7-16(11-17)12-21-19(20-2)23(4)14-18-9-10-24-15-18;/h6-8,11,18H,5,9-10,12-15H2,1-4H3,(H,20,21);1H. The Morgan fingerprint density at radius 2 is 2.08 bits per heavy atom. The Balaban J connectivity index is 0.00000312. The molecule has 0 bridgehead atoms. The largest absolute Gasteiger partial charge is 0.381 e. The van der Waals surface area contributed by atoms with Crippen LogP contribution in [0.25, 0.3) is 0 Å². The van der Waals surface area contributed by atoms with Gasteiger partial charge in [0.1, 0.15) is 0 Å². The van der Waals surface area contributed by atoms with E-state index in [1.807, 2.05) is 7.05 Å². The Labute approximate surface area is 169 Å². The molecular formula is C19H33IN4O. The third kappa shape index (κ3) is 7.50. The van der Waals surface area contributed by atoms with Crippen LogP contribution in [0.5, 0.6) is 0 Å². The number of guanidine groups is 1. The summed E-state index contributed by atoms with van der Waals surface area (Å²) in [5, 5.41) is 3.48. The average molecular weight is 460 g/mol. The Kier molecular flexibility index (Phi) is 10.4. The monoisotopic (exact) mass is 460 g/mol. The second kappa shape index (κ2) is 11.7. The van der Waals surface area contributed by atoms with E-state index >= 15 is 0 Å². The summed E-state index contributed by atoms with van der Waals surface area (Å²) in [6, 6.07) is 8.77. The fraction of sp³-hybridized carbons (Fsp3) is 0.632. The van der Waals surface area contributed by atoms with Crippen molar-refractivity contribution in [1.29, 1.82) is 0 Å². The molecule has 0 radical (unpaired) electrons. The second-order valence-corrected chi connectivity index (χ2v) is 6.66. The number of hydrogen-bond acceptors (Lipinski definition) is 3. The molecule has 1 aliphatic heterocycles. The molecule has 142 valence electrons. The summed E-state index contributed by atoms with van der Waals surface area (Å²) in [6.07, 6.45) is 1.15. The van der Waals surface area contributed by atoms with E-state index in [9.17, 15) is 0 Å². The van der Waals surface area contributed by atoms with Gasteiger partial charge < -0.3 is 19.9 Å². The quantitative estimate of drug-likeness (QED) is 0.386. The molecule has 25 heavy (non-hydrogen) atoms. The van der Waals surface area contributed by atoms with Crippen molar-refractivity contribution in [3.63, 3.8) is 0 Å². The van der Waals surface area contributed by atoms with Crippen molar-refractivity contribution < 1.29 is 4.74 Å². The minimum absolute atomic E-state index is 0. The number of benzene rings is 1. The smallest absolute Gasteiger partial charge is 0.193 e.